The van der Waals surface area contributed by atoms with E-state index in [0.717, 1.165) is 6.29 Å². The topological polar surface area (TPSA) is 56.0 Å². The van der Waals surface area contributed by atoms with Crippen LogP contribution in [0.3, 0.4) is 0 Å². The van der Waals surface area contributed by atoms with Crippen molar-refractivity contribution >= 4 is 6.29 Å². The Balaban J connectivity index is 2.75. The van der Waals surface area contributed by atoms with Gasteiger partial charge in [-0.15, -0.1) is 5.10 Å². The number of nitrogens with zero attached hydrogens (tertiary/aromatic N) is 2. The van der Waals surface area contributed by atoms with E-state index in [0.29, 0.717) is 17.0 Å². The summed E-state index contributed by atoms with van der Waals surface area (Å²) in [6.07, 6.45) is 3.67. The number of aromatic nitrogens is 2. The second-order valence-corrected chi connectivity index (χ2v) is 2.06. The smallest absolute Gasteiger partial charge is 0.247 e. The van der Waals surface area contributed by atoms with Crippen LogP contribution in [0, 0.1) is 0 Å². The first kappa shape index (κ1) is 6.03. The predicted molar refractivity (Wildman–Crippen MR) is 36.3 cm³/mol. The summed E-state index contributed by atoms with van der Waals surface area (Å²) in [5.41, 5.74) is 1.21. The third-order valence-electron chi connectivity index (χ3n) is 1.43. The minimum Gasteiger partial charge on any atom is -0.445 e. The van der Waals surface area contributed by atoms with Crippen LogP contribution in [0.2, 0.25) is 0 Å². The van der Waals surface area contributed by atoms with Gasteiger partial charge in [0.15, 0.2) is 6.29 Å². The van der Waals surface area contributed by atoms with Gasteiger partial charge < -0.3 is 4.42 Å². The molecule has 0 unspecified atom stereocenters. The molecule has 0 bridgehead atoms. The van der Waals surface area contributed by atoms with Crippen molar-refractivity contribution in [2.45, 2.75) is 0 Å². The summed E-state index contributed by atoms with van der Waals surface area (Å²) >= 11 is 0. The van der Waals surface area contributed by atoms with Crippen molar-refractivity contribution in [3.8, 4) is 11.5 Å². The number of carbonyl (C=O) groups excluding carboxylic acids is 1. The summed E-state index contributed by atoms with van der Waals surface area (Å²) in [5.74, 6) is 0.398. The van der Waals surface area contributed by atoms with Crippen LogP contribution in [0.15, 0.2) is 22.9 Å². The van der Waals surface area contributed by atoms with Gasteiger partial charge in [0.05, 0.1) is 18.0 Å². The lowest BCUT2D eigenvalue weighted by Gasteiger charge is -1.94. The molecule has 0 saturated heterocycles. The molecule has 0 aromatic heterocycles. The van der Waals surface area contributed by atoms with E-state index in [1.807, 2.05) is 0 Å². The van der Waals surface area contributed by atoms with Gasteiger partial charge in [-0.05, 0) is 6.07 Å². The van der Waals surface area contributed by atoms with Gasteiger partial charge in [0.1, 0.15) is 0 Å². The summed E-state index contributed by atoms with van der Waals surface area (Å²) in [4.78, 5) is 10.4. The Morgan fingerprint density at radius 3 is 3.27 bits per heavy atom. The molecule has 0 spiro atoms. The molecule has 0 amide bonds. The van der Waals surface area contributed by atoms with E-state index < -0.39 is 0 Å². The minimum atomic E-state index is 0.398. The van der Waals surface area contributed by atoms with E-state index in [9.17, 15) is 4.79 Å². The fourth-order valence-electron chi connectivity index (χ4n) is 0.898. The number of hydrogen-bond acceptors (Lipinski definition) is 4. The Morgan fingerprint density at radius 2 is 2.45 bits per heavy atom. The molecule has 4 nitrogen and oxygen atoms in total. The quantitative estimate of drug-likeness (QED) is 0.566. The predicted octanol–water partition coefficient (Wildman–Crippen LogP) is 0.987. The lowest BCUT2D eigenvalue weighted by molar-refractivity contribution is 0.112. The molecule has 0 aliphatic carbocycles. The summed E-state index contributed by atoms with van der Waals surface area (Å²) in [6, 6.07) is 1.58. The lowest BCUT2D eigenvalue weighted by atomic mass is 10.2. The average Bonchev–Trinajstić information content (AvgIpc) is 2.50. The second kappa shape index (κ2) is 2.16. The molecule has 2 rings (SSSR count). The molecule has 0 fully saturated rings. The van der Waals surface area contributed by atoms with Crippen molar-refractivity contribution in [2.24, 2.45) is 0 Å². The van der Waals surface area contributed by atoms with E-state index in [1.54, 1.807) is 6.07 Å². The van der Waals surface area contributed by atoms with E-state index in [2.05, 4.69) is 10.2 Å². The van der Waals surface area contributed by atoms with Gasteiger partial charge in [-0.2, -0.15) is 5.10 Å². The molecule has 0 aromatic rings. The first-order chi connectivity index (χ1) is 5.42. The lowest BCUT2D eigenvalue weighted by Crippen LogP contribution is -1.84. The van der Waals surface area contributed by atoms with Gasteiger partial charge in [0.2, 0.25) is 5.89 Å². The Morgan fingerprint density at radius 1 is 1.55 bits per heavy atom. The third-order valence-corrected chi connectivity index (χ3v) is 1.43. The fourth-order valence-corrected chi connectivity index (χ4v) is 0.898. The molecule has 0 atom stereocenters. The van der Waals surface area contributed by atoms with E-state index in [1.165, 1.54) is 12.5 Å². The van der Waals surface area contributed by atoms with Crippen LogP contribution in [-0.2, 0) is 0 Å². The van der Waals surface area contributed by atoms with Crippen molar-refractivity contribution in [3.05, 3.63) is 24.1 Å². The first-order valence-electron chi connectivity index (χ1n) is 3.06. The number of carbonyl (C=O) groups is 1. The molecule has 2 aliphatic rings. The van der Waals surface area contributed by atoms with Crippen molar-refractivity contribution in [1.82, 2.24) is 10.2 Å². The van der Waals surface area contributed by atoms with Crippen LogP contribution in [0.1, 0.15) is 10.4 Å². The molecule has 2 aliphatic heterocycles. The highest BCUT2D eigenvalue weighted by molar-refractivity contribution is 5.84. The first-order valence-corrected chi connectivity index (χ1v) is 3.06. The number of rotatable bonds is 1. The zero-order valence-corrected chi connectivity index (χ0v) is 5.52. The Labute approximate surface area is 62.2 Å². The van der Waals surface area contributed by atoms with Gasteiger partial charge in [-0.1, -0.05) is 0 Å². The van der Waals surface area contributed by atoms with Crippen molar-refractivity contribution in [3.63, 3.8) is 0 Å². The zero-order valence-electron chi connectivity index (χ0n) is 5.52. The van der Waals surface area contributed by atoms with E-state index in [4.69, 9.17) is 4.42 Å². The molecular weight excluding hydrogens is 144 g/mol. The normalized spacial score (nSPS) is 10.2. The van der Waals surface area contributed by atoms with Crippen LogP contribution >= 0.6 is 0 Å². The standard InChI is InChI=1S/C7H4N2O2/c10-4-5-1-2-11-7-6(5)3-8-9-7/h1-4H. The number of aldehydes is 1. The van der Waals surface area contributed by atoms with E-state index in [-0.39, 0.29) is 0 Å². The summed E-state index contributed by atoms with van der Waals surface area (Å²) in [7, 11) is 0. The number of fused-ring (bicyclic) bond motifs is 1. The van der Waals surface area contributed by atoms with Crippen LogP contribution in [-0.4, -0.2) is 16.5 Å². The van der Waals surface area contributed by atoms with Gasteiger partial charge in [-0.3, -0.25) is 4.79 Å². The molecule has 4 heteroatoms. The average molecular weight is 148 g/mol. The maximum Gasteiger partial charge on any atom is 0.247 e. The number of hydrogen-bond donors (Lipinski definition) is 0. The van der Waals surface area contributed by atoms with Gasteiger partial charge in [0.25, 0.3) is 0 Å². The Bertz CT molecular complexity index is 356. The monoisotopic (exact) mass is 148 g/mol. The van der Waals surface area contributed by atoms with Crippen LogP contribution in [0.4, 0.5) is 0 Å². The maximum atomic E-state index is 10.4. The molecule has 0 N–H and O–H groups in total. The highest BCUT2D eigenvalue weighted by atomic mass is 16.3. The van der Waals surface area contributed by atoms with Crippen molar-refractivity contribution < 1.29 is 9.21 Å². The summed E-state index contributed by atoms with van der Waals surface area (Å²) in [6.45, 7) is 0. The van der Waals surface area contributed by atoms with Gasteiger partial charge in [0, 0.05) is 5.56 Å². The zero-order chi connectivity index (χ0) is 7.68. The SMILES string of the molecule is O=Cc1ccoc2nncc1-2. The largest absolute Gasteiger partial charge is 0.445 e. The third kappa shape index (κ3) is 0.797. The molecule has 2 heterocycles. The summed E-state index contributed by atoms with van der Waals surface area (Å²) < 4.78 is 4.96. The fraction of sp³-hybridized carbons (Fsp3) is 0. The van der Waals surface area contributed by atoms with Crippen LogP contribution in [0.5, 0.6) is 0 Å². The molecule has 54 valence electrons. The highest BCUT2D eigenvalue weighted by Crippen LogP contribution is 2.20. The van der Waals surface area contributed by atoms with Gasteiger partial charge in [-0.25, -0.2) is 0 Å². The molecule has 0 radical (unpaired) electrons. The van der Waals surface area contributed by atoms with E-state index >= 15 is 0 Å². The van der Waals surface area contributed by atoms with Crippen molar-refractivity contribution in [2.75, 3.05) is 0 Å². The molecular formula is C7H4N2O2. The van der Waals surface area contributed by atoms with Gasteiger partial charge >= 0.3 is 0 Å². The maximum absolute atomic E-state index is 10.4. The van der Waals surface area contributed by atoms with Crippen LogP contribution < -0.4 is 0 Å². The molecule has 11 heavy (non-hydrogen) atoms. The van der Waals surface area contributed by atoms with Crippen molar-refractivity contribution in [1.29, 1.82) is 0 Å². The summed E-state index contributed by atoms with van der Waals surface area (Å²) in [5, 5.41) is 7.26. The highest BCUT2D eigenvalue weighted by Gasteiger charge is 2.10. The minimum absolute atomic E-state index is 0.398. The molecule has 0 aromatic carbocycles. The molecule has 0 saturated carbocycles. The Kier molecular flexibility index (Phi) is 1.18. The second-order valence-electron chi connectivity index (χ2n) is 2.06. The van der Waals surface area contributed by atoms with Crippen LogP contribution in [0.25, 0.3) is 11.5 Å². The Hall–Kier alpha value is -1.71.